The predicted molar refractivity (Wildman–Crippen MR) is 66.2 cm³/mol. The lowest BCUT2D eigenvalue weighted by molar-refractivity contribution is -0.140. The van der Waals surface area contributed by atoms with E-state index in [-0.39, 0.29) is 11.3 Å². The van der Waals surface area contributed by atoms with Gasteiger partial charge in [0.2, 0.25) is 10.0 Å². The third-order valence-electron chi connectivity index (χ3n) is 3.11. The molecule has 5 nitrogen and oxygen atoms in total. The number of carboxylic acids is 1. The van der Waals surface area contributed by atoms with Crippen LogP contribution in [-0.4, -0.2) is 31.7 Å². The van der Waals surface area contributed by atoms with Crippen LogP contribution in [0.15, 0.2) is 29.2 Å². The molecule has 1 fully saturated rings. The van der Waals surface area contributed by atoms with Crippen molar-refractivity contribution in [3.05, 3.63) is 29.3 Å². The van der Waals surface area contributed by atoms with Crippen LogP contribution in [0.4, 0.5) is 4.39 Å². The minimum Gasteiger partial charge on any atom is -0.480 e. The number of benzene rings is 1. The van der Waals surface area contributed by atoms with Gasteiger partial charge >= 0.3 is 5.97 Å². The summed E-state index contributed by atoms with van der Waals surface area (Å²) >= 11 is 5.64. The van der Waals surface area contributed by atoms with Gasteiger partial charge in [0, 0.05) is 10.9 Å². The molecule has 1 saturated carbocycles. The van der Waals surface area contributed by atoms with Crippen LogP contribution < -0.4 is 4.72 Å². The first-order valence-electron chi connectivity index (χ1n) is 5.41. The second-order valence-electron chi connectivity index (χ2n) is 4.39. The second-order valence-corrected chi connectivity index (χ2v) is 6.51. The molecule has 0 spiro atoms. The van der Waals surface area contributed by atoms with Crippen LogP contribution >= 0.6 is 11.6 Å². The molecule has 0 amide bonds. The van der Waals surface area contributed by atoms with E-state index in [2.05, 4.69) is 4.72 Å². The summed E-state index contributed by atoms with van der Waals surface area (Å²) in [6.07, 6.45) is -0.0499. The zero-order valence-electron chi connectivity index (χ0n) is 9.64. The number of rotatable bonds is 5. The van der Waals surface area contributed by atoms with Crippen LogP contribution in [0.5, 0.6) is 0 Å². The number of hydrogen-bond donors (Lipinski definition) is 2. The van der Waals surface area contributed by atoms with Gasteiger partial charge in [-0.05, 0) is 30.7 Å². The quantitative estimate of drug-likeness (QED) is 0.862. The van der Waals surface area contributed by atoms with E-state index < -0.39 is 34.1 Å². The normalized spacial score (nSPS) is 26.1. The molecule has 0 aliphatic heterocycles. The van der Waals surface area contributed by atoms with E-state index in [0.29, 0.717) is 5.02 Å². The largest absolute Gasteiger partial charge is 0.480 e. The molecule has 1 aliphatic carbocycles. The molecule has 1 aromatic rings. The lowest BCUT2D eigenvalue weighted by Crippen LogP contribution is -2.45. The highest BCUT2D eigenvalue weighted by Crippen LogP contribution is 2.45. The number of alkyl halides is 1. The first kappa shape index (κ1) is 14.2. The standard InChI is InChI=1S/C11H11ClFNO4S/c12-8-1-3-9(4-2-8)19(17,18)14-11(10(15)16)5-7(11)6-13/h1-4,7,14H,5-6H2,(H,15,16)/t7-,11?/m1/s1. The summed E-state index contributed by atoms with van der Waals surface area (Å²) in [5.41, 5.74) is -1.73. The van der Waals surface area contributed by atoms with Gasteiger partial charge < -0.3 is 5.11 Å². The van der Waals surface area contributed by atoms with Crippen LogP contribution in [0, 0.1) is 5.92 Å². The number of nitrogens with one attached hydrogen (secondary N) is 1. The van der Waals surface area contributed by atoms with Crippen molar-refractivity contribution in [3.63, 3.8) is 0 Å². The van der Waals surface area contributed by atoms with E-state index in [4.69, 9.17) is 16.7 Å². The van der Waals surface area contributed by atoms with Gasteiger partial charge in [0.25, 0.3) is 0 Å². The van der Waals surface area contributed by atoms with Crippen molar-refractivity contribution in [2.45, 2.75) is 16.9 Å². The minimum absolute atomic E-state index is 0.0499. The third kappa shape index (κ3) is 2.58. The fraction of sp³-hybridized carbons (Fsp3) is 0.364. The first-order chi connectivity index (χ1) is 8.82. The van der Waals surface area contributed by atoms with Crippen molar-refractivity contribution >= 4 is 27.6 Å². The molecule has 8 heteroatoms. The summed E-state index contributed by atoms with van der Waals surface area (Å²) in [7, 11) is -4.02. The van der Waals surface area contributed by atoms with E-state index in [0.717, 1.165) is 0 Å². The van der Waals surface area contributed by atoms with E-state index in [1.807, 2.05) is 0 Å². The third-order valence-corrected chi connectivity index (χ3v) is 4.89. The van der Waals surface area contributed by atoms with Gasteiger partial charge in [-0.2, -0.15) is 4.72 Å². The monoisotopic (exact) mass is 307 g/mol. The van der Waals surface area contributed by atoms with Gasteiger partial charge in [-0.15, -0.1) is 0 Å². The van der Waals surface area contributed by atoms with E-state index >= 15 is 0 Å². The molecule has 1 unspecified atom stereocenters. The smallest absolute Gasteiger partial charge is 0.325 e. The zero-order valence-corrected chi connectivity index (χ0v) is 11.2. The molecule has 0 radical (unpaired) electrons. The highest BCUT2D eigenvalue weighted by Gasteiger charge is 2.62. The number of halogens is 2. The molecule has 104 valence electrons. The molecule has 19 heavy (non-hydrogen) atoms. The van der Waals surface area contributed by atoms with Crippen LogP contribution in [0.1, 0.15) is 6.42 Å². The van der Waals surface area contributed by atoms with Crippen LogP contribution in [0.2, 0.25) is 5.02 Å². The van der Waals surface area contributed by atoms with E-state index in [1.54, 1.807) is 0 Å². The predicted octanol–water partition coefficient (Wildman–Crippen LogP) is 1.43. The summed E-state index contributed by atoms with van der Waals surface area (Å²) < 4.78 is 38.7. The lowest BCUT2D eigenvalue weighted by Gasteiger charge is -2.14. The van der Waals surface area contributed by atoms with Gasteiger partial charge in [-0.3, -0.25) is 9.18 Å². The Morgan fingerprint density at radius 1 is 1.47 bits per heavy atom. The molecule has 1 aromatic carbocycles. The fourth-order valence-corrected chi connectivity index (χ4v) is 3.41. The molecule has 1 aliphatic rings. The Bertz CT molecular complexity index is 604. The summed E-state index contributed by atoms with van der Waals surface area (Å²) in [6.45, 7) is -0.880. The Balaban J connectivity index is 2.27. The van der Waals surface area contributed by atoms with Crippen LogP contribution in [-0.2, 0) is 14.8 Å². The first-order valence-corrected chi connectivity index (χ1v) is 7.27. The molecule has 0 aromatic heterocycles. The number of carbonyl (C=O) groups is 1. The van der Waals surface area contributed by atoms with Crippen LogP contribution in [0.3, 0.4) is 0 Å². The molecule has 2 N–H and O–H groups in total. The Morgan fingerprint density at radius 3 is 2.47 bits per heavy atom. The summed E-state index contributed by atoms with van der Waals surface area (Å²) in [5, 5.41) is 9.41. The molecular weight excluding hydrogens is 297 g/mol. The maximum absolute atomic E-state index is 12.5. The second kappa shape index (κ2) is 4.73. The Labute approximate surface area is 114 Å². The molecule has 0 bridgehead atoms. The summed E-state index contributed by atoms with van der Waals surface area (Å²) in [4.78, 5) is 11.0. The maximum atomic E-state index is 12.5. The maximum Gasteiger partial charge on any atom is 0.325 e. The van der Waals surface area contributed by atoms with E-state index in [9.17, 15) is 17.6 Å². The van der Waals surface area contributed by atoms with Gasteiger partial charge in [0.1, 0.15) is 5.54 Å². The number of carboxylic acid groups (broad SMARTS) is 1. The van der Waals surface area contributed by atoms with Crippen molar-refractivity contribution in [1.29, 1.82) is 0 Å². The molecule has 2 atom stereocenters. The van der Waals surface area contributed by atoms with Gasteiger partial charge in [-0.25, -0.2) is 8.42 Å². The zero-order chi connectivity index (χ0) is 14.3. The number of hydrogen-bond acceptors (Lipinski definition) is 3. The average Bonchev–Trinajstić information content (AvgIpc) is 3.03. The van der Waals surface area contributed by atoms with Gasteiger partial charge in [0.15, 0.2) is 0 Å². The SMILES string of the molecule is O=C(O)C1(NS(=O)(=O)c2ccc(Cl)cc2)C[C@@H]1CF. The number of aliphatic carboxylic acids is 1. The van der Waals surface area contributed by atoms with E-state index in [1.165, 1.54) is 24.3 Å². The Morgan fingerprint density at radius 2 is 2.05 bits per heavy atom. The highest BCUT2D eigenvalue weighted by atomic mass is 35.5. The average molecular weight is 308 g/mol. The van der Waals surface area contributed by atoms with Crippen molar-refractivity contribution in [3.8, 4) is 0 Å². The molecule has 0 saturated heterocycles. The summed E-state index contributed by atoms with van der Waals surface area (Å²) in [6, 6.07) is 5.27. The topological polar surface area (TPSA) is 83.5 Å². The van der Waals surface area contributed by atoms with Crippen molar-refractivity contribution < 1.29 is 22.7 Å². The molecular formula is C11H11ClFNO4S. The fourth-order valence-electron chi connectivity index (χ4n) is 1.86. The van der Waals surface area contributed by atoms with Gasteiger partial charge in [0.05, 0.1) is 11.6 Å². The lowest BCUT2D eigenvalue weighted by atomic mass is 10.2. The summed E-state index contributed by atoms with van der Waals surface area (Å²) in [5.74, 6) is -2.19. The minimum atomic E-state index is -4.02. The highest BCUT2D eigenvalue weighted by molar-refractivity contribution is 7.89. The Kier molecular flexibility index (Phi) is 3.55. The van der Waals surface area contributed by atoms with Crippen LogP contribution in [0.25, 0.3) is 0 Å². The van der Waals surface area contributed by atoms with Crippen molar-refractivity contribution in [2.75, 3.05) is 6.67 Å². The van der Waals surface area contributed by atoms with Gasteiger partial charge in [-0.1, -0.05) is 11.6 Å². The Hall–Kier alpha value is -1.18. The molecule has 2 rings (SSSR count). The van der Waals surface area contributed by atoms with Crippen molar-refractivity contribution in [2.24, 2.45) is 5.92 Å². The number of sulfonamides is 1. The van der Waals surface area contributed by atoms with Crippen molar-refractivity contribution in [1.82, 2.24) is 4.72 Å². The molecule has 0 heterocycles.